The Balaban J connectivity index is 1.06. The fourth-order valence-corrected chi connectivity index (χ4v) is 10.6. The number of aliphatic hydroxyl groups excluding tert-OH is 5. The molecule has 0 radical (unpaired) electrons. The standard InChI is InChI=1S/C33H54O9/c1-17(16-40-30-29(38)28(37)27(36)25(15-34)41-30)7-12-33(39)18(2)26-24(42-33)14-23-21-6-5-19-13-20(35)8-10-31(19,3)22(21)9-11-32(23,26)4/h5,17-18,20-30,34-39H,6-16H2,1-4H3/t17?,18-,20?,21+,22-,23-,24-,25+,26-,27+,28-,29+,30+,31-,32-,33?/m0/s1. The van der Waals surface area contributed by atoms with E-state index in [1.807, 2.05) is 6.92 Å². The van der Waals surface area contributed by atoms with Gasteiger partial charge in [-0.1, -0.05) is 39.3 Å². The van der Waals surface area contributed by atoms with Crippen molar-refractivity contribution < 1.29 is 44.8 Å². The summed E-state index contributed by atoms with van der Waals surface area (Å²) in [4.78, 5) is 0. The molecule has 2 saturated heterocycles. The monoisotopic (exact) mass is 594 g/mol. The Morgan fingerprint density at radius 2 is 1.81 bits per heavy atom. The number of ether oxygens (including phenoxy) is 3. The zero-order chi connectivity index (χ0) is 30.2. The van der Waals surface area contributed by atoms with E-state index >= 15 is 0 Å². The number of hydrogen-bond donors (Lipinski definition) is 6. The lowest BCUT2D eigenvalue weighted by Crippen LogP contribution is -2.59. The Morgan fingerprint density at radius 3 is 2.55 bits per heavy atom. The Bertz CT molecular complexity index is 1020. The normalized spacial score (nSPS) is 54.4. The van der Waals surface area contributed by atoms with Crippen molar-refractivity contribution in [3.8, 4) is 0 Å². The van der Waals surface area contributed by atoms with Gasteiger partial charge in [0.1, 0.15) is 24.4 Å². The second kappa shape index (κ2) is 11.3. The molecule has 0 amide bonds. The average molecular weight is 595 g/mol. The summed E-state index contributed by atoms with van der Waals surface area (Å²) in [6.07, 6.45) is 4.36. The third-order valence-electron chi connectivity index (χ3n) is 13.2. The minimum atomic E-state index is -1.46. The molecule has 3 unspecified atom stereocenters. The molecule has 6 rings (SSSR count). The molecule has 0 bridgehead atoms. The Labute approximate surface area is 250 Å². The van der Waals surface area contributed by atoms with Crippen LogP contribution >= 0.6 is 0 Å². The molecule has 5 fully saturated rings. The summed E-state index contributed by atoms with van der Waals surface area (Å²) in [5.74, 6) is 1.06. The summed E-state index contributed by atoms with van der Waals surface area (Å²) in [6.45, 7) is 8.83. The maximum absolute atomic E-state index is 11.8. The van der Waals surface area contributed by atoms with Crippen LogP contribution < -0.4 is 0 Å². The number of hydrogen-bond acceptors (Lipinski definition) is 9. The summed E-state index contributed by atoms with van der Waals surface area (Å²) in [7, 11) is 0. The highest BCUT2D eigenvalue weighted by Crippen LogP contribution is 2.70. The quantitative estimate of drug-likeness (QED) is 0.245. The molecule has 9 nitrogen and oxygen atoms in total. The minimum Gasteiger partial charge on any atom is -0.394 e. The Hall–Kier alpha value is -0.620. The lowest BCUT2D eigenvalue weighted by Gasteiger charge is -2.58. The van der Waals surface area contributed by atoms with Gasteiger partial charge in [0.15, 0.2) is 12.1 Å². The fraction of sp³-hybridized carbons (Fsp3) is 0.939. The maximum atomic E-state index is 11.8. The van der Waals surface area contributed by atoms with Gasteiger partial charge < -0.3 is 44.8 Å². The van der Waals surface area contributed by atoms with Gasteiger partial charge in [0, 0.05) is 12.3 Å². The number of rotatable bonds is 7. The van der Waals surface area contributed by atoms with Gasteiger partial charge in [-0.15, -0.1) is 0 Å². The van der Waals surface area contributed by atoms with Crippen molar-refractivity contribution in [1.82, 2.24) is 0 Å². The molecule has 240 valence electrons. The molecule has 42 heavy (non-hydrogen) atoms. The Kier molecular flexibility index (Phi) is 8.45. The molecule has 2 heterocycles. The molecule has 9 heteroatoms. The number of aliphatic hydroxyl groups is 6. The van der Waals surface area contributed by atoms with Gasteiger partial charge >= 0.3 is 0 Å². The molecular weight excluding hydrogens is 540 g/mol. The fourth-order valence-electron chi connectivity index (χ4n) is 10.6. The SMILES string of the molecule is CC(CCC1(O)O[C@H]2C[C@H]3[C@@H]4CC=C5CC(O)CC[C@]5(C)[C@H]4CC[C@]3(C)[C@H]2[C@@H]1C)CO[C@@H]1O[C@H](CO)[C@@H](O)[C@H](O)[C@H]1O. The summed E-state index contributed by atoms with van der Waals surface area (Å²) >= 11 is 0. The third-order valence-corrected chi connectivity index (χ3v) is 13.2. The molecular formula is C33H54O9. The van der Waals surface area contributed by atoms with Crippen LogP contribution in [0.2, 0.25) is 0 Å². The maximum Gasteiger partial charge on any atom is 0.186 e. The third kappa shape index (κ3) is 4.94. The van der Waals surface area contributed by atoms with Gasteiger partial charge in [-0.2, -0.15) is 0 Å². The van der Waals surface area contributed by atoms with Crippen LogP contribution in [0.1, 0.15) is 85.5 Å². The van der Waals surface area contributed by atoms with Gasteiger partial charge in [0.05, 0.1) is 25.4 Å². The van der Waals surface area contributed by atoms with E-state index in [0.717, 1.165) is 32.1 Å². The van der Waals surface area contributed by atoms with Gasteiger partial charge in [-0.05, 0) is 91.8 Å². The summed E-state index contributed by atoms with van der Waals surface area (Å²) in [5, 5.41) is 61.8. The molecule has 6 N–H and O–H groups in total. The summed E-state index contributed by atoms with van der Waals surface area (Å²) in [5.41, 5.74) is 1.85. The molecule has 3 saturated carbocycles. The van der Waals surface area contributed by atoms with E-state index < -0.39 is 43.1 Å². The zero-order valence-electron chi connectivity index (χ0n) is 25.8. The molecule has 16 atom stereocenters. The second-order valence-corrected chi connectivity index (χ2v) is 15.4. The first-order valence-electron chi connectivity index (χ1n) is 16.5. The van der Waals surface area contributed by atoms with E-state index in [1.165, 1.54) is 18.4 Å². The average Bonchev–Trinajstić information content (AvgIpc) is 3.39. The van der Waals surface area contributed by atoms with Gasteiger partial charge in [0.2, 0.25) is 0 Å². The van der Waals surface area contributed by atoms with Crippen molar-refractivity contribution in [2.24, 2.45) is 46.3 Å². The van der Waals surface area contributed by atoms with Gasteiger partial charge in [-0.3, -0.25) is 0 Å². The van der Waals surface area contributed by atoms with E-state index in [4.69, 9.17) is 14.2 Å². The molecule has 0 aromatic heterocycles. The lowest BCUT2D eigenvalue weighted by atomic mass is 9.47. The smallest absolute Gasteiger partial charge is 0.186 e. The van der Waals surface area contributed by atoms with E-state index in [0.29, 0.717) is 36.5 Å². The van der Waals surface area contributed by atoms with E-state index in [-0.39, 0.29) is 41.5 Å². The van der Waals surface area contributed by atoms with Gasteiger partial charge in [0.25, 0.3) is 0 Å². The minimum absolute atomic E-state index is 0.0164. The highest BCUT2D eigenvalue weighted by molar-refractivity contribution is 5.26. The van der Waals surface area contributed by atoms with Crippen LogP contribution in [0.15, 0.2) is 11.6 Å². The highest BCUT2D eigenvalue weighted by Gasteiger charge is 2.67. The van der Waals surface area contributed by atoms with Crippen LogP contribution in [0.4, 0.5) is 0 Å². The van der Waals surface area contributed by atoms with Crippen LogP contribution in [0.5, 0.6) is 0 Å². The largest absolute Gasteiger partial charge is 0.394 e. The predicted octanol–water partition coefficient (Wildman–Crippen LogP) is 2.49. The van der Waals surface area contributed by atoms with Crippen molar-refractivity contribution >= 4 is 0 Å². The topological polar surface area (TPSA) is 149 Å². The van der Waals surface area contributed by atoms with Crippen LogP contribution in [0.3, 0.4) is 0 Å². The second-order valence-electron chi connectivity index (χ2n) is 15.4. The number of allylic oxidation sites excluding steroid dienone is 1. The number of fused-ring (bicyclic) bond motifs is 7. The first-order chi connectivity index (χ1) is 19.8. The van der Waals surface area contributed by atoms with Crippen molar-refractivity contribution in [2.45, 2.75) is 134 Å². The summed E-state index contributed by atoms with van der Waals surface area (Å²) in [6, 6.07) is 0. The molecule has 2 aliphatic heterocycles. The van der Waals surface area contributed by atoms with E-state index in [1.54, 1.807) is 0 Å². The van der Waals surface area contributed by atoms with Crippen LogP contribution in [0, 0.1) is 46.3 Å². The van der Waals surface area contributed by atoms with E-state index in [2.05, 4.69) is 26.8 Å². The molecule has 4 aliphatic carbocycles. The van der Waals surface area contributed by atoms with Gasteiger partial charge in [-0.25, -0.2) is 0 Å². The molecule has 0 aromatic carbocycles. The van der Waals surface area contributed by atoms with E-state index in [9.17, 15) is 30.6 Å². The molecule has 6 aliphatic rings. The van der Waals surface area contributed by atoms with Crippen molar-refractivity contribution in [3.63, 3.8) is 0 Å². The molecule has 0 aromatic rings. The van der Waals surface area contributed by atoms with Crippen LogP contribution in [-0.4, -0.2) is 92.6 Å². The molecule has 0 spiro atoms. The first kappa shape index (κ1) is 31.4. The zero-order valence-corrected chi connectivity index (χ0v) is 25.8. The van der Waals surface area contributed by atoms with Crippen molar-refractivity contribution in [1.29, 1.82) is 0 Å². The highest BCUT2D eigenvalue weighted by atomic mass is 16.7. The van der Waals surface area contributed by atoms with Crippen molar-refractivity contribution in [3.05, 3.63) is 11.6 Å². The van der Waals surface area contributed by atoms with Crippen LogP contribution in [-0.2, 0) is 14.2 Å². The summed E-state index contributed by atoms with van der Waals surface area (Å²) < 4.78 is 17.8. The van der Waals surface area contributed by atoms with Crippen molar-refractivity contribution in [2.75, 3.05) is 13.2 Å². The predicted molar refractivity (Wildman–Crippen MR) is 154 cm³/mol. The Morgan fingerprint density at radius 1 is 1.05 bits per heavy atom. The lowest BCUT2D eigenvalue weighted by molar-refractivity contribution is -0.303. The first-order valence-corrected chi connectivity index (χ1v) is 16.5. The van der Waals surface area contributed by atoms with Crippen LogP contribution in [0.25, 0.3) is 0 Å².